The van der Waals surface area contributed by atoms with Gasteiger partial charge in [-0.05, 0) is 18.2 Å². The standard InChI is InChI=1S/C19H20FNO5S/c1-21(13-15-7-5-6-10-17(15)20)18(22)14-26-19(23)11-12-27(24,25)16-8-3-2-4-9-16/h2-10H,11-14H2,1H3. The highest BCUT2D eigenvalue weighted by atomic mass is 32.2. The molecule has 2 aromatic carbocycles. The zero-order valence-corrected chi connectivity index (χ0v) is 15.6. The van der Waals surface area contributed by atoms with E-state index in [-0.39, 0.29) is 17.9 Å². The maximum absolute atomic E-state index is 13.6. The van der Waals surface area contributed by atoms with E-state index in [1.165, 1.54) is 30.1 Å². The Balaban J connectivity index is 1.79. The van der Waals surface area contributed by atoms with Crippen LogP contribution in [0.15, 0.2) is 59.5 Å². The molecule has 0 atom stereocenters. The van der Waals surface area contributed by atoms with Crippen molar-refractivity contribution in [3.05, 3.63) is 66.0 Å². The zero-order chi connectivity index (χ0) is 19.9. The van der Waals surface area contributed by atoms with E-state index in [0.29, 0.717) is 5.56 Å². The maximum Gasteiger partial charge on any atom is 0.307 e. The minimum absolute atomic E-state index is 0.0332. The van der Waals surface area contributed by atoms with Crippen LogP contribution in [0.2, 0.25) is 0 Å². The van der Waals surface area contributed by atoms with E-state index in [9.17, 15) is 22.4 Å². The molecule has 0 unspecified atom stereocenters. The van der Waals surface area contributed by atoms with Crippen molar-refractivity contribution in [1.29, 1.82) is 0 Å². The summed E-state index contributed by atoms with van der Waals surface area (Å²) in [6, 6.07) is 13.8. The molecule has 0 radical (unpaired) electrons. The number of sulfone groups is 1. The van der Waals surface area contributed by atoms with Crippen LogP contribution in [0.25, 0.3) is 0 Å². The molecule has 0 aromatic heterocycles. The number of hydrogen-bond acceptors (Lipinski definition) is 5. The molecule has 0 aliphatic carbocycles. The Kier molecular flexibility index (Phi) is 7.06. The highest BCUT2D eigenvalue weighted by Crippen LogP contribution is 2.12. The second kappa shape index (κ2) is 9.27. The number of rotatable bonds is 8. The van der Waals surface area contributed by atoms with E-state index in [4.69, 9.17) is 4.74 Å². The molecule has 0 saturated heterocycles. The summed E-state index contributed by atoms with van der Waals surface area (Å²) in [4.78, 5) is 25.1. The lowest BCUT2D eigenvalue weighted by molar-refractivity contribution is -0.151. The van der Waals surface area contributed by atoms with E-state index in [0.717, 1.165) is 0 Å². The summed E-state index contributed by atoms with van der Waals surface area (Å²) in [5.41, 5.74) is 0.341. The van der Waals surface area contributed by atoms with E-state index in [1.54, 1.807) is 36.4 Å². The summed E-state index contributed by atoms with van der Waals surface area (Å²) < 4.78 is 42.6. The van der Waals surface area contributed by atoms with Crippen LogP contribution in [0.4, 0.5) is 4.39 Å². The van der Waals surface area contributed by atoms with Gasteiger partial charge in [-0.15, -0.1) is 0 Å². The summed E-state index contributed by atoms with van der Waals surface area (Å²) in [7, 11) is -2.13. The number of amides is 1. The number of carbonyl (C=O) groups excluding carboxylic acids is 2. The molecular weight excluding hydrogens is 373 g/mol. The second-order valence-electron chi connectivity index (χ2n) is 5.88. The van der Waals surface area contributed by atoms with Crippen LogP contribution in [-0.4, -0.2) is 44.6 Å². The molecule has 2 rings (SSSR count). The predicted octanol–water partition coefficient (Wildman–Crippen LogP) is 2.19. The summed E-state index contributed by atoms with van der Waals surface area (Å²) in [5.74, 6) is -2.14. The van der Waals surface area contributed by atoms with E-state index in [1.807, 2.05) is 0 Å². The first-order valence-corrected chi connectivity index (χ1v) is 9.85. The van der Waals surface area contributed by atoms with Crippen molar-refractivity contribution in [2.75, 3.05) is 19.4 Å². The molecule has 0 spiro atoms. The van der Waals surface area contributed by atoms with Gasteiger partial charge >= 0.3 is 5.97 Å². The van der Waals surface area contributed by atoms with Crippen molar-refractivity contribution >= 4 is 21.7 Å². The molecule has 0 heterocycles. The van der Waals surface area contributed by atoms with Crippen LogP contribution in [0, 0.1) is 5.82 Å². The van der Waals surface area contributed by atoms with Gasteiger partial charge in [-0.3, -0.25) is 9.59 Å². The Morgan fingerprint density at radius 1 is 1.04 bits per heavy atom. The lowest BCUT2D eigenvalue weighted by atomic mass is 10.2. The smallest absolute Gasteiger partial charge is 0.307 e. The lowest BCUT2D eigenvalue weighted by Crippen LogP contribution is -2.31. The van der Waals surface area contributed by atoms with Crippen LogP contribution in [0.5, 0.6) is 0 Å². The fraction of sp³-hybridized carbons (Fsp3) is 0.263. The molecule has 144 valence electrons. The van der Waals surface area contributed by atoms with Crippen LogP contribution in [0.3, 0.4) is 0 Å². The van der Waals surface area contributed by atoms with Gasteiger partial charge in [-0.25, -0.2) is 12.8 Å². The first kappa shape index (κ1) is 20.6. The summed E-state index contributed by atoms with van der Waals surface area (Å²) in [6.07, 6.45) is -0.360. The first-order valence-electron chi connectivity index (χ1n) is 8.20. The van der Waals surface area contributed by atoms with E-state index in [2.05, 4.69) is 0 Å². The zero-order valence-electron chi connectivity index (χ0n) is 14.8. The Labute approximate surface area is 157 Å². The Morgan fingerprint density at radius 2 is 1.67 bits per heavy atom. The molecule has 0 fully saturated rings. The molecule has 6 nitrogen and oxygen atoms in total. The maximum atomic E-state index is 13.6. The highest BCUT2D eigenvalue weighted by Gasteiger charge is 2.18. The van der Waals surface area contributed by atoms with Crippen LogP contribution in [0.1, 0.15) is 12.0 Å². The molecule has 0 N–H and O–H groups in total. The minimum atomic E-state index is -3.59. The number of likely N-dealkylation sites (N-methyl/N-ethyl adjacent to an activating group) is 1. The third-order valence-corrected chi connectivity index (χ3v) is 5.56. The molecule has 0 aliphatic rings. The third kappa shape index (κ3) is 6.18. The number of ether oxygens (including phenoxy) is 1. The fourth-order valence-corrected chi connectivity index (χ4v) is 3.50. The number of nitrogens with zero attached hydrogens (tertiary/aromatic N) is 1. The predicted molar refractivity (Wildman–Crippen MR) is 96.9 cm³/mol. The van der Waals surface area contributed by atoms with Crippen molar-refractivity contribution in [1.82, 2.24) is 4.90 Å². The largest absolute Gasteiger partial charge is 0.456 e. The molecule has 1 amide bonds. The average molecular weight is 393 g/mol. The van der Waals surface area contributed by atoms with Crippen molar-refractivity contribution < 1.29 is 27.1 Å². The topological polar surface area (TPSA) is 80.8 Å². The van der Waals surface area contributed by atoms with E-state index >= 15 is 0 Å². The molecule has 0 bridgehead atoms. The van der Waals surface area contributed by atoms with Crippen LogP contribution in [-0.2, 0) is 30.7 Å². The average Bonchev–Trinajstić information content (AvgIpc) is 2.67. The van der Waals surface area contributed by atoms with Crippen molar-refractivity contribution in [2.24, 2.45) is 0 Å². The quantitative estimate of drug-likeness (QED) is 0.642. The highest BCUT2D eigenvalue weighted by molar-refractivity contribution is 7.91. The molecular formula is C19H20FNO5S. The number of esters is 1. The van der Waals surface area contributed by atoms with Gasteiger partial charge in [0.05, 0.1) is 17.1 Å². The molecule has 0 aliphatic heterocycles. The molecule has 27 heavy (non-hydrogen) atoms. The SMILES string of the molecule is CN(Cc1ccccc1F)C(=O)COC(=O)CCS(=O)(=O)c1ccccc1. The number of hydrogen-bond donors (Lipinski definition) is 0. The van der Waals surface area contributed by atoms with Gasteiger partial charge in [0.1, 0.15) is 5.82 Å². The normalized spacial score (nSPS) is 11.0. The molecule has 2 aromatic rings. The fourth-order valence-electron chi connectivity index (χ4n) is 2.26. The molecule has 8 heteroatoms. The second-order valence-corrected chi connectivity index (χ2v) is 7.99. The summed E-state index contributed by atoms with van der Waals surface area (Å²) in [6.45, 7) is -0.499. The van der Waals surface area contributed by atoms with Gasteiger partial charge in [0, 0.05) is 19.2 Å². The first-order chi connectivity index (χ1) is 12.8. The van der Waals surface area contributed by atoms with Gasteiger partial charge in [-0.1, -0.05) is 36.4 Å². The van der Waals surface area contributed by atoms with Gasteiger partial charge in [0.25, 0.3) is 5.91 Å². The lowest BCUT2D eigenvalue weighted by Gasteiger charge is -2.17. The number of carbonyl (C=O) groups is 2. The summed E-state index contributed by atoms with van der Waals surface area (Å²) in [5, 5.41) is 0. The van der Waals surface area contributed by atoms with Crippen LogP contribution < -0.4 is 0 Å². The Bertz CT molecular complexity index is 899. The number of halogens is 1. The van der Waals surface area contributed by atoms with Crippen molar-refractivity contribution in [3.63, 3.8) is 0 Å². The Morgan fingerprint density at radius 3 is 2.33 bits per heavy atom. The van der Waals surface area contributed by atoms with Crippen molar-refractivity contribution in [3.8, 4) is 0 Å². The Hall–Kier alpha value is -2.74. The van der Waals surface area contributed by atoms with Gasteiger partial charge in [0.2, 0.25) is 0 Å². The van der Waals surface area contributed by atoms with Gasteiger partial charge in [0.15, 0.2) is 16.4 Å². The van der Waals surface area contributed by atoms with Gasteiger partial charge < -0.3 is 9.64 Å². The van der Waals surface area contributed by atoms with Crippen molar-refractivity contribution in [2.45, 2.75) is 17.9 Å². The minimum Gasteiger partial charge on any atom is -0.456 e. The van der Waals surface area contributed by atoms with E-state index < -0.39 is 39.9 Å². The summed E-state index contributed by atoms with van der Waals surface area (Å²) >= 11 is 0. The monoisotopic (exact) mass is 393 g/mol. The van der Waals surface area contributed by atoms with Gasteiger partial charge in [-0.2, -0.15) is 0 Å². The van der Waals surface area contributed by atoms with Crippen LogP contribution >= 0.6 is 0 Å². The third-order valence-electron chi connectivity index (χ3n) is 3.82. The molecule has 0 saturated carbocycles. The number of benzene rings is 2.